The minimum atomic E-state index is 0.00911. The quantitative estimate of drug-likeness (QED) is 0.694. The molecule has 3 aromatic rings. The van der Waals surface area contributed by atoms with Crippen molar-refractivity contribution in [3.63, 3.8) is 0 Å². The van der Waals surface area contributed by atoms with Crippen LogP contribution in [0.15, 0.2) is 48.5 Å². The lowest BCUT2D eigenvalue weighted by molar-refractivity contribution is 0.0384. The number of H-pyrrole nitrogens is 1. The van der Waals surface area contributed by atoms with Crippen LogP contribution in [-0.2, 0) is 11.2 Å². The molecule has 0 atom stereocenters. The Labute approximate surface area is 157 Å². The van der Waals surface area contributed by atoms with E-state index in [1.165, 1.54) is 0 Å². The first-order chi connectivity index (χ1) is 12.7. The summed E-state index contributed by atoms with van der Waals surface area (Å²) in [7, 11) is 0. The monoisotopic (exact) mass is 368 g/mol. The van der Waals surface area contributed by atoms with Gasteiger partial charge in [0.2, 0.25) is 5.78 Å². The number of nitrogens with one attached hydrogen (secondary N) is 1. The van der Waals surface area contributed by atoms with Gasteiger partial charge in [0, 0.05) is 41.1 Å². The van der Waals surface area contributed by atoms with Crippen LogP contribution in [0.2, 0.25) is 5.02 Å². The third-order valence-electron chi connectivity index (χ3n) is 4.93. The molecule has 5 heteroatoms. The summed E-state index contributed by atoms with van der Waals surface area (Å²) in [6, 6.07) is 15.2. The number of ketones is 1. The van der Waals surface area contributed by atoms with Gasteiger partial charge in [0.25, 0.3) is 0 Å². The zero-order valence-corrected chi connectivity index (χ0v) is 15.3. The van der Waals surface area contributed by atoms with Gasteiger partial charge in [-0.1, -0.05) is 29.8 Å². The number of para-hydroxylation sites is 1. The Balaban J connectivity index is 1.66. The van der Waals surface area contributed by atoms with Crippen molar-refractivity contribution in [2.75, 3.05) is 32.8 Å². The summed E-state index contributed by atoms with van der Waals surface area (Å²) in [6.45, 7) is 4.38. The number of carbonyl (C=O) groups excluding carboxylic acids is 1. The topological polar surface area (TPSA) is 45.3 Å². The van der Waals surface area contributed by atoms with E-state index in [2.05, 4.69) is 16.0 Å². The molecule has 26 heavy (non-hydrogen) atoms. The number of benzene rings is 2. The maximum atomic E-state index is 13.1. The van der Waals surface area contributed by atoms with Crippen molar-refractivity contribution in [1.29, 1.82) is 0 Å². The van der Waals surface area contributed by atoms with Gasteiger partial charge >= 0.3 is 0 Å². The van der Waals surface area contributed by atoms with Gasteiger partial charge in [-0.25, -0.2) is 0 Å². The van der Waals surface area contributed by atoms with Gasteiger partial charge < -0.3 is 9.72 Å². The van der Waals surface area contributed by atoms with Crippen molar-refractivity contribution in [3.8, 4) is 0 Å². The molecular formula is C21H21ClN2O2. The van der Waals surface area contributed by atoms with Crippen molar-refractivity contribution in [2.45, 2.75) is 6.42 Å². The highest BCUT2D eigenvalue weighted by Gasteiger charge is 2.20. The van der Waals surface area contributed by atoms with Gasteiger partial charge in [-0.05, 0) is 42.3 Å². The highest BCUT2D eigenvalue weighted by atomic mass is 35.5. The molecule has 1 aromatic heterocycles. The zero-order chi connectivity index (χ0) is 17.9. The second kappa shape index (κ2) is 7.62. The first kappa shape index (κ1) is 17.3. The average Bonchev–Trinajstić information content (AvgIpc) is 3.06. The number of aromatic amines is 1. The summed E-state index contributed by atoms with van der Waals surface area (Å²) in [6.07, 6.45) is 0.832. The maximum absolute atomic E-state index is 13.1. The Morgan fingerprint density at radius 2 is 1.81 bits per heavy atom. The third-order valence-corrected chi connectivity index (χ3v) is 5.18. The van der Waals surface area contributed by atoms with Crippen LogP contribution in [0.25, 0.3) is 10.9 Å². The summed E-state index contributed by atoms with van der Waals surface area (Å²) in [4.78, 5) is 18.8. The van der Waals surface area contributed by atoms with E-state index in [0.29, 0.717) is 16.3 Å². The van der Waals surface area contributed by atoms with E-state index in [1.54, 1.807) is 24.3 Å². The molecule has 1 aliphatic heterocycles. The fourth-order valence-corrected chi connectivity index (χ4v) is 3.62. The second-order valence-electron chi connectivity index (χ2n) is 6.56. The van der Waals surface area contributed by atoms with Crippen LogP contribution in [0.4, 0.5) is 0 Å². The van der Waals surface area contributed by atoms with Crippen LogP contribution in [0.5, 0.6) is 0 Å². The first-order valence-electron chi connectivity index (χ1n) is 8.92. The van der Waals surface area contributed by atoms with Gasteiger partial charge in [0.1, 0.15) is 0 Å². The molecule has 0 radical (unpaired) electrons. The van der Waals surface area contributed by atoms with Crippen molar-refractivity contribution >= 4 is 28.3 Å². The molecule has 4 nitrogen and oxygen atoms in total. The van der Waals surface area contributed by atoms with Gasteiger partial charge in [-0.15, -0.1) is 0 Å². The lowest BCUT2D eigenvalue weighted by Gasteiger charge is -2.26. The Bertz CT molecular complexity index is 911. The molecule has 0 amide bonds. The maximum Gasteiger partial charge on any atom is 0.209 e. The third kappa shape index (κ3) is 3.54. The van der Waals surface area contributed by atoms with E-state index in [0.717, 1.165) is 55.7 Å². The molecule has 0 saturated carbocycles. The number of halogens is 1. The number of morpholine rings is 1. The molecule has 0 bridgehead atoms. The smallest absolute Gasteiger partial charge is 0.209 e. The van der Waals surface area contributed by atoms with Crippen LogP contribution in [-0.4, -0.2) is 48.5 Å². The molecule has 0 unspecified atom stereocenters. The number of aromatic nitrogens is 1. The molecule has 0 spiro atoms. The summed E-state index contributed by atoms with van der Waals surface area (Å²) >= 11 is 5.96. The summed E-state index contributed by atoms with van der Waals surface area (Å²) < 4.78 is 5.42. The van der Waals surface area contributed by atoms with E-state index < -0.39 is 0 Å². The number of rotatable bonds is 5. The summed E-state index contributed by atoms with van der Waals surface area (Å²) in [5, 5.41) is 1.75. The van der Waals surface area contributed by atoms with Gasteiger partial charge in [-0.3, -0.25) is 9.69 Å². The lowest BCUT2D eigenvalue weighted by Crippen LogP contribution is -2.37. The van der Waals surface area contributed by atoms with E-state index in [1.807, 2.05) is 18.2 Å². The number of nitrogens with zero attached hydrogens (tertiary/aromatic N) is 1. The highest BCUT2D eigenvalue weighted by molar-refractivity contribution is 6.30. The average molecular weight is 369 g/mol. The van der Waals surface area contributed by atoms with Crippen LogP contribution in [0.3, 0.4) is 0 Å². The first-order valence-corrected chi connectivity index (χ1v) is 9.30. The molecule has 1 N–H and O–H groups in total. The standard InChI is InChI=1S/C21H21ClN2O2/c22-16-7-5-15(6-8-16)21(25)20-18(9-10-24-11-13-26-14-12-24)17-3-1-2-4-19(17)23-20/h1-8,23H,9-14H2. The predicted molar refractivity (Wildman–Crippen MR) is 104 cm³/mol. The van der Waals surface area contributed by atoms with Gasteiger partial charge in [0.15, 0.2) is 0 Å². The molecular weight excluding hydrogens is 348 g/mol. The van der Waals surface area contributed by atoms with Gasteiger partial charge in [-0.2, -0.15) is 0 Å². The largest absolute Gasteiger partial charge is 0.379 e. The molecule has 1 fully saturated rings. The van der Waals surface area contributed by atoms with E-state index >= 15 is 0 Å². The number of hydrogen-bond acceptors (Lipinski definition) is 3. The Kier molecular flexibility index (Phi) is 5.07. The Morgan fingerprint density at radius 1 is 1.08 bits per heavy atom. The van der Waals surface area contributed by atoms with Crippen LogP contribution in [0, 0.1) is 0 Å². The number of hydrogen-bond donors (Lipinski definition) is 1. The molecule has 2 heterocycles. The lowest BCUT2D eigenvalue weighted by atomic mass is 10.0. The SMILES string of the molecule is O=C(c1ccc(Cl)cc1)c1[nH]c2ccccc2c1CCN1CCOCC1. The number of ether oxygens (including phenoxy) is 1. The fraction of sp³-hybridized carbons (Fsp3) is 0.286. The van der Waals surface area contributed by atoms with Crippen molar-refractivity contribution in [2.24, 2.45) is 0 Å². The molecule has 0 aliphatic carbocycles. The fourth-order valence-electron chi connectivity index (χ4n) is 3.49. The second-order valence-corrected chi connectivity index (χ2v) is 7.00. The van der Waals surface area contributed by atoms with Crippen molar-refractivity contribution in [1.82, 2.24) is 9.88 Å². The van der Waals surface area contributed by atoms with Crippen LogP contribution < -0.4 is 0 Å². The van der Waals surface area contributed by atoms with Crippen molar-refractivity contribution in [3.05, 3.63) is 70.4 Å². The number of fused-ring (bicyclic) bond motifs is 1. The van der Waals surface area contributed by atoms with Crippen LogP contribution in [0.1, 0.15) is 21.6 Å². The van der Waals surface area contributed by atoms with Gasteiger partial charge in [0.05, 0.1) is 18.9 Å². The summed E-state index contributed by atoms with van der Waals surface area (Å²) in [5.74, 6) is 0.00911. The van der Waals surface area contributed by atoms with E-state index in [4.69, 9.17) is 16.3 Å². The zero-order valence-electron chi connectivity index (χ0n) is 14.5. The molecule has 134 valence electrons. The minimum absolute atomic E-state index is 0.00911. The molecule has 1 saturated heterocycles. The van der Waals surface area contributed by atoms with E-state index in [9.17, 15) is 4.79 Å². The Morgan fingerprint density at radius 3 is 2.58 bits per heavy atom. The minimum Gasteiger partial charge on any atom is -0.379 e. The molecule has 1 aliphatic rings. The van der Waals surface area contributed by atoms with E-state index in [-0.39, 0.29) is 5.78 Å². The van der Waals surface area contributed by atoms with Crippen molar-refractivity contribution < 1.29 is 9.53 Å². The molecule has 2 aromatic carbocycles. The van der Waals surface area contributed by atoms with Crippen LogP contribution >= 0.6 is 11.6 Å². The number of carbonyl (C=O) groups is 1. The normalized spacial score (nSPS) is 15.4. The Hall–Kier alpha value is -2.14. The summed E-state index contributed by atoms with van der Waals surface area (Å²) in [5.41, 5.74) is 3.42. The predicted octanol–water partition coefficient (Wildman–Crippen LogP) is 3.93. The highest BCUT2D eigenvalue weighted by Crippen LogP contribution is 2.26. The molecule has 4 rings (SSSR count).